The van der Waals surface area contributed by atoms with Crippen molar-refractivity contribution in [1.29, 1.82) is 0 Å². The highest BCUT2D eigenvalue weighted by Gasteiger charge is 2.10. The minimum absolute atomic E-state index is 0.0526. The lowest BCUT2D eigenvalue weighted by molar-refractivity contribution is 0.111. The summed E-state index contributed by atoms with van der Waals surface area (Å²) < 4.78 is 31.7. The van der Waals surface area contributed by atoms with Gasteiger partial charge in [0, 0.05) is 5.56 Å². The van der Waals surface area contributed by atoms with Crippen LogP contribution in [0.25, 0.3) is 0 Å². The third-order valence-corrected chi connectivity index (χ3v) is 2.80. The molecular formula is C14H9ClF2O2. The van der Waals surface area contributed by atoms with Crippen LogP contribution in [-0.2, 0) is 6.61 Å². The molecule has 0 saturated heterocycles. The molecule has 0 aliphatic rings. The Bertz CT molecular complexity index is 614. The fraction of sp³-hybridized carbons (Fsp3) is 0.0714. The smallest absolute Gasteiger partial charge is 0.153 e. The third kappa shape index (κ3) is 3.09. The van der Waals surface area contributed by atoms with Crippen LogP contribution in [0.3, 0.4) is 0 Å². The van der Waals surface area contributed by atoms with Gasteiger partial charge >= 0.3 is 0 Å². The van der Waals surface area contributed by atoms with Crippen molar-refractivity contribution in [2.75, 3.05) is 0 Å². The zero-order valence-corrected chi connectivity index (χ0v) is 10.5. The largest absolute Gasteiger partial charge is 0.486 e. The summed E-state index contributed by atoms with van der Waals surface area (Å²) >= 11 is 5.89. The lowest BCUT2D eigenvalue weighted by Crippen LogP contribution is -2.01. The first-order valence-electron chi connectivity index (χ1n) is 5.42. The maximum absolute atomic E-state index is 13.4. The van der Waals surface area contributed by atoms with Crippen molar-refractivity contribution in [3.8, 4) is 5.75 Å². The summed E-state index contributed by atoms with van der Waals surface area (Å²) in [4.78, 5) is 10.8. The molecule has 0 radical (unpaired) electrons. The molecular weight excluding hydrogens is 274 g/mol. The van der Waals surface area contributed by atoms with Crippen molar-refractivity contribution in [2.24, 2.45) is 0 Å². The van der Waals surface area contributed by atoms with Crippen molar-refractivity contribution in [2.45, 2.75) is 6.61 Å². The Labute approximate surface area is 113 Å². The van der Waals surface area contributed by atoms with E-state index in [1.165, 1.54) is 6.07 Å². The van der Waals surface area contributed by atoms with Crippen LogP contribution in [0.4, 0.5) is 8.78 Å². The predicted octanol–water partition coefficient (Wildman–Crippen LogP) is 4.01. The molecule has 0 heterocycles. The summed E-state index contributed by atoms with van der Waals surface area (Å²) in [7, 11) is 0. The van der Waals surface area contributed by atoms with E-state index in [1.54, 1.807) is 12.1 Å². The second-order valence-corrected chi connectivity index (χ2v) is 4.21. The molecule has 0 aliphatic heterocycles. The minimum atomic E-state index is -0.582. The van der Waals surface area contributed by atoms with E-state index >= 15 is 0 Å². The zero-order chi connectivity index (χ0) is 13.8. The molecule has 2 nitrogen and oxygen atoms in total. The fourth-order valence-electron chi connectivity index (χ4n) is 1.57. The molecule has 0 saturated carbocycles. The van der Waals surface area contributed by atoms with Gasteiger partial charge in [0.1, 0.15) is 24.0 Å². The summed E-state index contributed by atoms with van der Waals surface area (Å²) in [6, 6.07) is 7.74. The maximum Gasteiger partial charge on any atom is 0.153 e. The van der Waals surface area contributed by atoms with Gasteiger partial charge in [-0.2, -0.15) is 0 Å². The molecule has 0 N–H and O–H groups in total. The SMILES string of the molecule is O=Cc1cccc(Cl)c1OCc1cc(F)ccc1F. The third-order valence-electron chi connectivity index (χ3n) is 2.50. The second-order valence-electron chi connectivity index (χ2n) is 3.80. The molecule has 98 valence electrons. The highest BCUT2D eigenvalue weighted by atomic mass is 35.5. The molecule has 0 bridgehead atoms. The number of hydrogen-bond acceptors (Lipinski definition) is 2. The van der Waals surface area contributed by atoms with Crippen molar-refractivity contribution >= 4 is 17.9 Å². The Morgan fingerprint density at radius 3 is 2.74 bits per heavy atom. The van der Waals surface area contributed by atoms with Crippen molar-refractivity contribution < 1.29 is 18.3 Å². The van der Waals surface area contributed by atoms with Gasteiger partial charge in [-0.1, -0.05) is 17.7 Å². The van der Waals surface area contributed by atoms with E-state index in [4.69, 9.17) is 16.3 Å². The Kier molecular flexibility index (Phi) is 4.12. The molecule has 5 heteroatoms. The average Bonchev–Trinajstić information content (AvgIpc) is 2.40. The first-order chi connectivity index (χ1) is 9.11. The monoisotopic (exact) mass is 282 g/mol. The molecule has 0 aromatic heterocycles. The van der Waals surface area contributed by atoms with Crippen LogP contribution in [0, 0.1) is 11.6 Å². The van der Waals surface area contributed by atoms with E-state index in [2.05, 4.69) is 0 Å². The van der Waals surface area contributed by atoms with Gasteiger partial charge in [-0.05, 0) is 30.3 Å². The molecule has 0 atom stereocenters. The maximum atomic E-state index is 13.4. The molecule has 2 rings (SSSR count). The van der Waals surface area contributed by atoms with E-state index in [1.807, 2.05) is 0 Å². The van der Waals surface area contributed by atoms with E-state index in [-0.39, 0.29) is 28.5 Å². The topological polar surface area (TPSA) is 26.3 Å². The second kappa shape index (κ2) is 5.80. The molecule has 0 unspecified atom stereocenters. The van der Waals surface area contributed by atoms with Crippen LogP contribution in [0.1, 0.15) is 15.9 Å². The van der Waals surface area contributed by atoms with Gasteiger partial charge in [-0.25, -0.2) is 8.78 Å². The summed E-state index contributed by atoms with van der Waals surface area (Å²) in [6.45, 7) is -0.214. The Balaban J connectivity index is 2.23. The highest BCUT2D eigenvalue weighted by Crippen LogP contribution is 2.28. The number of carbonyl (C=O) groups is 1. The van der Waals surface area contributed by atoms with Crippen LogP contribution in [0.2, 0.25) is 5.02 Å². The number of ether oxygens (including phenoxy) is 1. The molecule has 0 amide bonds. The van der Waals surface area contributed by atoms with Crippen LogP contribution in [0.5, 0.6) is 5.75 Å². The van der Waals surface area contributed by atoms with Gasteiger partial charge in [0.25, 0.3) is 0 Å². The van der Waals surface area contributed by atoms with E-state index in [0.29, 0.717) is 6.29 Å². The molecule has 0 fully saturated rings. The summed E-state index contributed by atoms with van der Waals surface area (Å²) in [6.07, 6.45) is 0.586. The van der Waals surface area contributed by atoms with E-state index in [9.17, 15) is 13.6 Å². The fourth-order valence-corrected chi connectivity index (χ4v) is 1.81. The molecule has 19 heavy (non-hydrogen) atoms. The molecule has 2 aromatic rings. The van der Waals surface area contributed by atoms with Gasteiger partial charge in [-0.3, -0.25) is 4.79 Å². The highest BCUT2D eigenvalue weighted by molar-refractivity contribution is 6.32. The van der Waals surface area contributed by atoms with Crippen molar-refractivity contribution in [3.05, 3.63) is 64.2 Å². The van der Waals surface area contributed by atoms with Gasteiger partial charge in [0.2, 0.25) is 0 Å². The van der Waals surface area contributed by atoms with Gasteiger partial charge in [-0.15, -0.1) is 0 Å². The van der Waals surface area contributed by atoms with Crippen LogP contribution >= 0.6 is 11.6 Å². The molecule has 0 spiro atoms. The van der Waals surface area contributed by atoms with Gasteiger partial charge < -0.3 is 4.74 Å². The molecule has 0 aliphatic carbocycles. The Morgan fingerprint density at radius 2 is 2.00 bits per heavy atom. The van der Waals surface area contributed by atoms with Crippen molar-refractivity contribution in [1.82, 2.24) is 0 Å². The lowest BCUT2D eigenvalue weighted by Gasteiger charge is -2.10. The lowest BCUT2D eigenvalue weighted by atomic mass is 10.2. The Morgan fingerprint density at radius 1 is 1.21 bits per heavy atom. The number of carbonyl (C=O) groups excluding carboxylic acids is 1. The Hall–Kier alpha value is -1.94. The standard InChI is InChI=1S/C14H9ClF2O2/c15-12-3-1-2-9(7-18)14(12)19-8-10-6-11(16)4-5-13(10)17/h1-7H,8H2. The number of rotatable bonds is 4. The molecule has 2 aromatic carbocycles. The summed E-state index contributed by atoms with van der Waals surface area (Å²) in [5.74, 6) is -0.987. The summed E-state index contributed by atoms with van der Waals surface area (Å²) in [5.41, 5.74) is 0.307. The van der Waals surface area contributed by atoms with E-state index in [0.717, 1.165) is 18.2 Å². The normalized spacial score (nSPS) is 10.3. The predicted molar refractivity (Wildman–Crippen MR) is 67.5 cm³/mol. The number of benzene rings is 2. The number of halogens is 3. The number of para-hydroxylation sites is 1. The van der Waals surface area contributed by atoms with Crippen molar-refractivity contribution in [3.63, 3.8) is 0 Å². The quantitative estimate of drug-likeness (QED) is 0.792. The zero-order valence-electron chi connectivity index (χ0n) is 9.70. The van der Waals surface area contributed by atoms with Gasteiger partial charge in [0.15, 0.2) is 6.29 Å². The van der Waals surface area contributed by atoms with Crippen LogP contribution in [0.15, 0.2) is 36.4 Å². The first kappa shape index (κ1) is 13.5. The van der Waals surface area contributed by atoms with Crippen LogP contribution < -0.4 is 4.74 Å². The summed E-state index contributed by atoms with van der Waals surface area (Å²) in [5, 5.41) is 0.237. The minimum Gasteiger partial charge on any atom is -0.486 e. The van der Waals surface area contributed by atoms with Crippen LogP contribution in [-0.4, -0.2) is 6.29 Å². The first-order valence-corrected chi connectivity index (χ1v) is 5.80. The number of hydrogen-bond donors (Lipinski definition) is 0. The number of aldehydes is 1. The van der Waals surface area contributed by atoms with Gasteiger partial charge in [0.05, 0.1) is 10.6 Å². The van der Waals surface area contributed by atoms with E-state index < -0.39 is 11.6 Å². The average molecular weight is 283 g/mol.